The van der Waals surface area contributed by atoms with Crippen molar-refractivity contribution in [2.75, 3.05) is 20.2 Å². The van der Waals surface area contributed by atoms with Crippen LogP contribution in [0, 0.1) is 5.92 Å². The Hall–Kier alpha value is -2.29. The number of ether oxygens (including phenoxy) is 2. The third-order valence-electron chi connectivity index (χ3n) is 4.39. The van der Waals surface area contributed by atoms with Gasteiger partial charge in [-0.1, -0.05) is 12.1 Å². The number of amides is 1. The zero-order chi connectivity index (χ0) is 19.9. The van der Waals surface area contributed by atoms with Crippen molar-refractivity contribution >= 4 is 11.9 Å². The highest BCUT2D eigenvalue weighted by Gasteiger charge is 2.31. The fourth-order valence-corrected chi connectivity index (χ4v) is 2.97. The topological polar surface area (TPSA) is 76.7 Å². The lowest BCUT2D eigenvalue weighted by Gasteiger charge is -2.19. The minimum Gasteiger partial charge on any atom is -0.469 e. The minimum absolute atomic E-state index is 0.118. The first-order chi connectivity index (χ1) is 12.8. The Morgan fingerprint density at radius 2 is 2.00 bits per heavy atom. The summed E-state index contributed by atoms with van der Waals surface area (Å²) in [4.78, 5) is 23.9. The summed E-state index contributed by atoms with van der Waals surface area (Å²) < 4.78 is 45.2. The van der Waals surface area contributed by atoms with Gasteiger partial charge in [0.25, 0.3) is 0 Å². The molecule has 1 aromatic carbocycles. The highest BCUT2D eigenvalue weighted by Crippen LogP contribution is 2.26. The summed E-state index contributed by atoms with van der Waals surface area (Å²) >= 11 is 0. The molecule has 0 bridgehead atoms. The molecule has 9 heteroatoms. The van der Waals surface area contributed by atoms with E-state index in [2.05, 4.69) is 20.1 Å². The van der Waals surface area contributed by atoms with E-state index >= 15 is 0 Å². The molecule has 150 valence electrons. The Kier molecular flexibility index (Phi) is 7.46. The van der Waals surface area contributed by atoms with Crippen LogP contribution in [0.1, 0.15) is 37.3 Å². The highest BCUT2D eigenvalue weighted by molar-refractivity contribution is 5.78. The Bertz CT molecular complexity index is 628. The lowest BCUT2D eigenvalue weighted by atomic mass is 10.0. The first kappa shape index (κ1) is 21.0. The SMILES string of the molecule is COC(=O)CC(NC(=O)CCC1CCNC1)c1ccc(OC(F)(F)F)cc1. The molecule has 0 spiro atoms. The van der Waals surface area contributed by atoms with E-state index in [9.17, 15) is 22.8 Å². The molecular formula is C18H23F3N2O4. The fourth-order valence-electron chi connectivity index (χ4n) is 2.97. The second kappa shape index (κ2) is 9.59. The van der Waals surface area contributed by atoms with E-state index in [1.807, 2.05) is 0 Å². The first-order valence-electron chi connectivity index (χ1n) is 8.69. The number of alkyl halides is 3. The van der Waals surface area contributed by atoms with Gasteiger partial charge in [0.15, 0.2) is 0 Å². The molecule has 1 fully saturated rings. The van der Waals surface area contributed by atoms with E-state index in [0.29, 0.717) is 17.9 Å². The Labute approximate surface area is 155 Å². The number of rotatable bonds is 8. The van der Waals surface area contributed by atoms with Gasteiger partial charge in [-0.05, 0) is 49.5 Å². The second-order valence-electron chi connectivity index (χ2n) is 6.41. The summed E-state index contributed by atoms with van der Waals surface area (Å²) in [6.45, 7) is 1.84. The van der Waals surface area contributed by atoms with Gasteiger partial charge in [-0.25, -0.2) is 0 Å². The van der Waals surface area contributed by atoms with Crippen molar-refractivity contribution < 1.29 is 32.2 Å². The number of nitrogens with one attached hydrogen (secondary N) is 2. The number of halogens is 3. The first-order valence-corrected chi connectivity index (χ1v) is 8.69. The molecule has 2 atom stereocenters. The van der Waals surface area contributed by atoms with E-state index in [1.165, 1.54) is 19.2 Å². The lowest BCUT2D eigenvalue weighted by Crippen LogP contribution is -2.30. The molecule has 1 amide bonds. The fraction of sp³-hybridized carbons (Fsp3) is 0.556. The maximum absolute atomic E-state index is 12.3. The molecule has 2 N–H and O–H groups in total. The molecule has 1 aliphatic rings. The van der Waals surface area contributed by atoms with Crippen molar-refractivity contribution in [1.29, 1.82) is 0 Å². The van der Waals surface area contributed by atoms with E-state index < -0.39 is 18.4 Å². The zero-order valence-electron chi connectivity index (χ0n) is 15.0. The Balaban J connectivity index is 1.99. The summed E-state index contributed by atoms with van der Waals surface area (Å²) in [6, 6.07) is 4.37. The number of hydrogen-bond acceptors (Lipinski definition) is 5. The maximum atomic E-state index is 12.3. The monoisotopic (exact) mass is 388 g/mol. The highest BCUT2D eigenvalue weighted by atomic mass is 19.4. The molecule has 1 saturated heterocycles. The maximum Gasteiger partial charge on any atom is 0.573 e. The van der Waals surface area contributed by atoms with Gasteiger partial charge >= 0.3 is 12.3 Å². The van der Waals surface area contributed by atoms with Crippen LogP contribution in [-0.4, -0.2) is 38.4 Å². The van der Waals surface area contributed by atoms with Crippen LogP contribution in [0.5, 0.6) is 5.75 Å². The van der Waals surface area contributed by atoms with Crippen LogP contribution in [0.15, 0.2) is 24.3 Å². The Morgan fingerprint density at radius 1 is 1.30 bits per heavy atom. The van der Waals surface area contributed by atoms with Gasteiger partial charge in [0.1, 0.15) is 5.75 Å². The van der Waals surface area contributed by atoms with Gasteiger partial charge in [0, 0.05) is 6.42 Å². The average molecular weight is 388 g/mol. The van der Waals surface area contributed by atoms with Crippen molar-refractivity contribution in [3.8, 4) is 5.75 Å². The quantitative estimate of drug-likeness (QED) is 0.670. The molecular weight excluding hydrogens is 365 g/mol. The van der Waals surface area contributed by atoms with Gasteiger partial charge in [0.2, 0.25) is 5.91 Å². The predicted octanol–water partition coefficient (Wildman–Crippen LogP) is 2.70. The van der Waals surface area contributed by atoms with Crippen LogP contribution in [0.2, 0.25) is 0 Å². The Morgan fingerprint density at radius 3 is 2.56 bits per heavy atom. The van der Waals surface area contributed by atoms with Gasteiger partial charge < -0.3 is 20.1 Å². The molecule has 0 aliphatic carbocycles. The summed E-state index contributed by atoms with van der Waals surface area (Å²) in [7, 11) is 1.23. The van der Waals surface area contributed by atoms with E-state index in [4.69, 9.17) is 0 Å². The largest absolute Gasteiger partial charge is 0.573 e. The van der Waals surface area contributed by atoms with Crippen molar-refractivity contribution in [3.05, 3.63) is 29.8 Å². The summed E-state index contributed by atoms with van der Waals surface area (Å²) in [5.74, 6) is -0.668. The second-order valence-corrected chi connectivity index (χ2v) is 6.41. The number of carbonyl (C=O) groups is 2. The molecule has 1 aromatic rings. The zero-order valence-corrected chi connectivity index (χ0v) is 15.0. The summed E-state index contributed by atoms with van der Waals surface area (Å²) in [6.07, 6.45) is -2.82. The number of hydrogen-bond donors (Lipinski definition) is 2. The van der Waals surface area contributed by atoms with Crippen molar-refractivity contribution in [2.45, 2.75) is 38.1 Å². The van der Waals surface area contributed by atoms with Crippen LogP contribution >= 0.6 is 0 Å². The smallest absolute Gasteiger partial charge is 0.469 e. The average Bonchev–Trinajstić information content (AvgIpc) is 3.12. The van der Waals surface area contributed by atoms with E-state index in [1.54, 1.807) is 0 Å². The van der Waals surface area contributed by atoms with Crippen LogP contribution in [0.3, 0.4) is 0 Å². The normalized spacial score (nSPS) is 18.0. The number of esters is 1. The predicted molar refractivity (Wildman–Crippen MR) is 90.9 cm³/mol. The van der Waals surface area contributed by atoms with Crippen molar-refractivity contribution in [1.82, 2.24) is 10.6 Å². The number of carbonyl (C=O) groups excluding carboxylic acids is 2. The summed E-state index contributed by atoms with van der Waals surface area (Å²) in [5.41, 5.74) is 0.491. The molecule has 2 rings (SSSR count). The molecule has 0 saturated carbocycles. The lowest BCUT2D eigenvalue weighted by molar-refractivity contribution is -0.274. The van der Waals surface area contributed by atoms with Crippen LogP contribution in [0.4, 0.5) is 13.2 Å². The molecule has 6 nitrogen and oxygen atoms in total. The third-order valence-corrected chi connectivity index (χ3v) is 4.39. The number of benzene rings is 1. The molecule has 27 heavy (non-hydrogen) atoms. The molecule has 1 heterocycles. The minimum atomic E-state index is -4.78. The summed E-state index contributed by atoms with van der Waals surface area (Å²) in [5, 5.41) is 6.00. The third kappa shape index (κ3) is 7.46. The van der Waals surface area contributed by atoms with Gasteiger partial charge in [-0.3, -0.25) is 9.59 Å². The van der Waals surface area contributed by atoms with Crippen LogP contribution < -0.4 is 15.4 Å². The van der Waals surface area contributed by atoms with Gasteiger partial charge in [-0.15, -0.1) is 13.2 Å². The van der Waals surface area contributed by atoms with Gasteiger partial charge in [0.05, 0.1) is 19.6 Å². The van der Waals surface area contributed by atoms with Crippen LogP contribution in [0.25, 0.3) is 0 Å². The van der Waals surface area contributed by atoms with Crippen LogP contribution in [-0.2, 0) is 14.3 Å². The molecule has 0 radical (unpaired) electrons. The van der Waals surface area contributed by atoms with Crippen molar-refractivity contribution in [2.24, 2.45) is 5.92 Å². The van der Waals surface area contributed by atoms with Crippen molar-refractivity contribution in [3.63, 3.8) is 0 Å². The standard InChI is InChI=1S/C18H23F3N2O4/c1-26-17(25)10-15(23-16(24)7-2-12-8-9-22-11-12)13-3-5-14(6-4-13)27-18(19,20)21/h3-6,12,15,22H,2,7-11H2,1H3,(H,23,24). The van der Waals surface area contributed by atoms with E-state index in [-0.39, 0.29) is 18.1 Å². The van der Waals surface area contributed by atoms with Gasteiger partial charge in [-0.2, -0.15) is 0 Å². The molecule has 0 aromatic heterocycles. The molecule has 2 unspecified atom stereocenters. The number of methoxy groups -OCH3 is 1. The van der Waals surface area contributed by atoms with E-state index in [0.717, 1.165) is 38.1 Å². The molecule has 1 aliphatic heterocycles.